The molecule has 0 bridgehead atoms. The van der Waals surface area contributed by atoms with Crippen LogP contribution in [0.5, 0.6) is 0 Å². The number of nitrogens with two attached hydrogens (primary N) is 1. The third-order valence-corrected chi connectivity index (χ3v) is 3.78. The summed E-state index contributed by atoms with van der Waals surface area (Å²) in [6.07, 6.45) is 1.82. The molecule has 2 aromatic rings. The number of pyridine rings is 1. The molecule has 1 aromatic carbocycles. The molecule has 2 N–H and O–H groups in total. The van der Waals surface area contributed by atoms with E-state index in [2.05, 4.69) is 51.1 Å². The Morgan fingerprint density at radius 1 is 1.25 bits per heavy atom. The summed E-state index contributed by atoms with van der Waals surface area (Å²) < 4.78 is 1.10. The fraction of sp³-hybridized carbons (Fsp3) is 0.312. The number of hydrogen-bond donors (Lipinski definition) is 1. The van der Waals surface area contributed by atoms with Crippen LogP contribution in [0.2, 0.25) is 0 Å². The van der Waals surface area contributed by atoms with E-state index in [1.807, 2.05) is 37.4 Å². The largest absolute Gasteiger partial charge is 0.326 e. The Morgan fingerprint density at radius 2 is 2.05 bits per heavy atom. The van der Waals surface area contributed by atoms with Crippen molar-refractivity contribution in [3.05, 3.63) is 64.4 Å². The first-order chi connectivity index (χ1) is 9.58. The number of aromatic nitrogens is 1. The van der Waals surface area contributed by atoms with Gasteiger partial charge in [-0.3, -0.25) is 9.88 Å². The van der Waals surface area contributed by atoms with Gasteiger partial charge in [0.25, 0.3) is 0 Å². The summed E-state index contributed by atoms with van der Waals surface area (Å²) in [6, 6.07) is 14.4. The molecule has 4 heteroatoms. The number of benzene rings is 1. The van der Waals surface area contributed by atoms with Gasteiger partial charge in [-0.15, -0.1) is 0 Å². The summed E-state index contributed by atoms with van der Waals surface area (Å²) in [7, 11) is 2.09. The van der Waals surface area contributed by atoms with Crippen molar-refractivity contribution in [2.45, 2.75) is 25.6 Å². The van der Waals surface area contributed by atoms with Gasteiger partial charge in [-0.1, -0.05) is 34.1 Å². The van der Waals surface area contributed by atoms with Gasteiger partial charge in [-0.25, -0.2) is 0 Å². The van der Waals surface area contributed by atoms with E-state index in [9.17, 15) is 0 Å². The topological polar surface area (TPSA) is 42.1 Å². The molecular weight excluding hydrogens is 314 g/mol. The molecule has 0 saturated carbocycles. The zero-order chi connectivity index (χ0) is 14.5. The van der Waals surface area contributed by atoms with Gasteiger partial charge < -0.3 is 5.73 Å². The van der Waals surface area contributed by atoms with E-state index >= 15 is 0 Å². The standard InChI is InChI=1S/C16H20BrN3/c1-12(18)16(15-8-3-4-9-19-15)20(2)11-13-6-5-7-14(17)10-13/h3-10,12,16H,11,18H2,1-2H3. The summed E-state index contributed by atoms with van der Waals surface area (Å²) in [5, 5.41) is 0. The van der Waals surface area contributed by atoms with Crippen LogP contribution in [0.3, 0.4) is 0 Å². The molecule has 0 saturated heterocycles. The lowest BCUT2D eigenvalue weighted by Gasteiger charge is -2.30. The fourth-order valence-corrected chi connectivity index (χ4v) is 2.92. The van der Waals surface area contributed by atoms with E-state index in [0.29, 0.717) is 0 Å². The maximum atomic E-state index is 6.16. The zero-order valence-electron chi connectivity index (χ0n) is 11.8. The first kappa shape index (κ1) is 15.2. The highest BCUT2D eigenvalue weighted by molar-refractivity contribution is 9.10. The van der Waals surface area contributed by atoms with Crippen molar-refractivity contribution in [2.75, 3.05) is 7.05 Å². The van der Waals surface area contributed by atoms with E-state index in [1.54, 1.807) is 0 Å². The van der Waals surface area contributed by atoms with E-state index in [1.165, 1.54) is 5.56 Å². The minimum Gasteiger partial charge on any atom is -0.326 e. The summed E-state index contributed by atoms with van der Waals surface area (Å²) in [5.41, 5.74) is 8.43. The third kappa shape index (κ3) is 3.88. The van der Waals surface area contributed by atoms with Crippen molar-refractivity contribution in [2.24, 2.45) is 5.73 Å². The molecule has 3 nitrogen and oxygen atoms in total. The smallest absolute Gasteiger partial charge is 0.0671 e. The van der Waals surface area contributed by atoms with Gasteiger partial charge in [-0.05, 0) is 43.8 Å². The second-order valence-electron chi connectivity index (χ2n) is 5.10. The molecule has 0 aliphatic rings. The first-order valence-corrected chi connectivity index (χ1v) is 7.48. The number of hydrogen-bond acceptors (Lipinski definition) is 3. The van der Waals surface area contributed by atoms with Gasteiger partial charge in [0.05, 0.1) is 11.7 Å². The highest BCUT2D eigenvalue weighted by Crippen LogP contribution is 2.23. The van der Waals surface area contributed by atoms with E-state index < -0.39 is 0 Å². The Labute approximate surface area is 129 Å². The Hall–Kier alpha value is -1.23. The van der Waals surface area contributed by atoms with E-state index in [0.717, 1.165) is 16.7 Å². The van der Waals surface area contributed by atoms with Crippen LogP contribution >= 0.6 is 15.9 Å². The highest BCUT2D eigenvalue weighted by Gasteiger charge is 2.22. The summed E-state index contributed by atoms with van der Waals surface area (Å²) in [6.45, 7) is 2.86. The van der Waals surface area contributed by atoms with Crippen molar-refractivity contribution >= 4 is 15.9 Å². The van der Waals surface area contributed by atoms with E-state index in [4.69, 9.17) is 5.73 Å². The Balaban J connectivity index is 2.18. The molecule has 2 atom stereocenters. The lowest BCUT2D eigenvalue weighted by molar-refractivity contribution is 0.206. The maximum absolute atomic E-state index is 6.16. The number of rotatable bonds is 5. The van der Waals surface area contributed by atoms with Crippen molar-refractivity contribution in [3.63, 3.8) is 0 Å². The Bertz CT molecular complexity index is 542. The lowest BCUT2D eigenvalue weighted by atomic mass is 10.0. The lowest BCUT2D eigenvalue weighted by Crippen LogP contribution is -2.37. The van der Waals surface area contributed by atoms with Crippen molar-refractivity contribution in [3.8, 4) is 0 Å². The monoisotopic (exact) mass is 333 g/mol. The van der Waals surface area contributed by atoms with Crippen LogP contribution in [0.25, 0.3) is 0 Å². The normalized spacial score (nSPS) is 14.2. The predicted octanol–water partition coefficient (Wildman–Crippen LogP) is 3.36. The Morgan fingerprint density at radius 3 is 2.65 bits per heavy atom. The van der Waals surface area contributed by atoms with Crippen LogP contribution in [0.4, 0.5) is 0 Å². The predicted molar refractivity (Wildman–Crippen MR) is 86.2 cm³/mol. The molecule has 0 aliphatic heterocycles. The van der Waals surface area contributed by atoms with Gasteiger partial charge in [0.2, 0.25) is 0 Å². The molecule has 1 heterocycles. The number of likely N-dealkylation sites (N-methyl/N-ethyl adjacent to an activating group) is 1. The first-order valence-electron chi connectivity index (χ1n) is 6.69. The van der Waals surface area contributed by atoms with Crippen molar-refractivity contribution < 1.29 is 0 Å². The second-order valence-corrected chi connectivity index (χ2v) is 6.02. The second kappa shape index (κ2) is 6.97. The molecule has 2 unspecified atom stereocenters. The maximum Gasteiger partial charge on any atom is 0.0671 e. The summed E-state index contributed by atoms with van der Waals surface area (Å²) in [5.74, 6) is 0. The van der Waals surface area contributed by atoms with Gasteiger partial charge >= 0.3 is 0 Å². The zero-order valence-corrected chi connectivity index (χ0v) is 13.4. The minimum absolute atomic E-state index is 0.0158. The van der Waals surface area contributed by atoms with Crippen LogP contribution in [0, 0.1) is 0 Å². The van der Waals surface area contributed by atoms with Gasteiger partial charge in [0.1, 0.15) is 0 Å². The quantitative estimate of drug-likeness (QED) is 0.912. The molecule has 0 radical (unpaired) electrons. The van der Waals surface area contributed by atoms with Gasteiger partial charge in [0.15, 0.2) is 0 Å². The minimum atomic E-state index is 0.0158. The van der Waals surface area contributed by atoms with Crippen LogP contribution in [-0.4, -0.2) is 23.0 Å². The van der Waals surface area contributed by atoms with Crippen LogP contribution in [-0.2, 0) is 6.54 Å². The highest BCUT2D eigenvalue weighted by atomic mass is 79.9. The van der Waals surface area contributed by atoms with Crippen molar-refractivity contribution in [1.29, 1.82) is 0 Å². The Kier molecular flexibility index (Phi) is 5.29. The van der Waals surface area contributed by atoms with Crippen LogP contribution < -0.4 is 5.73 Å². The van der Waals surface area contributed by atoms with Crippen molar-refractivity contribution in [1.82, 2.24) is 9.88 Å². The third-order valence-electron chi connectivity index (χ3n) is 3.28. The molecule has 0 fully saturated rings. The molecule has 0 aliphatic carbocycles. The molecule has 0 amide bonds. The summed E-state index contributed by atoms with van der Waals surface area (Å²) in [4.78, 5) is 6.69. The van der Waals surface area contributed by atoms with Crippen LogP contribution in [0.1, 0.15) is 24.2 Å². The average Bonchev–Trinajstić information content (AvgIpc) is 2.39. The SMILES string of the molecule is CC(N)C(c1ccccn1)N(C)Cc1cccc(Br)c1. The fourth-order valence-electron chi connectivity index (χ4n) is 2.47. The number of halogens is 1. The molecule has 1 aromatic heterocycles. The number of nitrogens with zero attached hydrogens (tertiary/aromatic N) is 2. The molecule has 0 spiro atoms. The molecule has 106 valence electrons. The van der Waals surface area contributed by atoms with Gasteiger partial charge in [0, 0.05) is 23.3 Å². The molecular formula is C16H20BrN3. The average molecular weight is 334 g/mol. The van der Waals surface area contributed by atoms with E-state index in [-0.39, 0.29) is 12.1 Å². The van der Waals surface area contributed by atoms with Gasteiger partial charge in [-0.2, -0.15) is 0 Å². The molecule has 2 rings (SSSR count). The van der Waals surface area contributed by atoms with Crippen LogP contribution in [0.15, 0.2) is 53.1 Å². The molecule has 20 heavy (non-hydrogen) atoms. The summed E-state index contributed by atoms with van der Waals surface area (Å²) >= 11 is 3.51.